The molecule has 0 aliphatic heterocycles. The van der Waals surface area contributed by atoms with E-state index < -0.39 is 12.7 Å². The zero-order valence-electron chi connectivity index (χ0n) is 19.4. The largest absolute Gasteiger partial charge is 4.00 e. The number of aryl methyl sites for hydroxylation is 1. The predicted octanol–water partition coefficient (Wildman–Crippen LogP) is 6.20. The van der Waals surface area contributed by atoms with Gasteiger partial charge < -0.3 is 29.0 Å². The van der Waals surface area contributed by atoms with Gasteiger partial charge in [0.25, 0.3) is 5.69 Å². The van der Waals surface area contributed by atoms with Crippen LogP contribution in [0.3, 0.4) is 0 Å². The van der Waals surface area contributed by atoms with E-state index in [1.807, 2.05) is 0 Å². The molecule has 0 aliphatic rings. The number of hydrogen-bond acceptors (Lipinski definition) is 5. The first-order valence-electron chi connectivity index (χ1n) is 9.78. The molecule has 0 fully saturated rings. The van der Waals surface area contributed by atoms with Crippen molar-refractivity contribution in [3.63, 3.8) is 0 Å². The van der Waals surface area contributed by atoms with Crippen LogP contribution in [-0.4, -0.2) is 9.91 Å². The van der Waals surface area contributed by atoms with Gasteiger partial charge in [0, 0.05) is 30.5 Å². The number of nitrogens with one attached hydrogen (secondary N) is 1. The monoisotopic (exact) mass is 842 g/mol. The Bertz CT molecular complexity index is 1210. The van der Waals surface area contributed by atoms with Crippen molar-refractivity contribution in [3.05, 3.63) is 98.3 Å². The number of benzene rings is 2. The Labute approximate surface area is 238 Å². The minimum absolute atomic E-state index is 0. The van der Waals surface area contributed by atoms with Crippen LogP contribution in [0.4, 0.5) is 42.4 Å². The average molecular weight is 841 g/mol. The molecule has 0 saturated heterocycles. The number of nitro benzene ring substituents is 1. The number of non-ortho nitro benzene ring substituents is 1. The number of hydrogen-bond donors (Lipinski definition) is 1. The minimum atomic E-state index is -10.7. The number of H-pyrrole nitrogens is 1. The second kappa shape index (κ2) is 14.1. The van der Waals surface area contributed by atoms with Crippen molar-refractivity contribution in [2.75, 3.05) is 0 Å². The van der Waals surface area contributed by atoms with Crippen LogP contribution in [0, 0.1) is 17.0 Å². The molecule has 37 heavy (non-hydrogen) atoms. The Morgan fingerprint density at radius 2 is 1.38 bits per heavy atom. The standard InChI is InChI=1S/C11H8N4O3.C10H14.F6P.HI.Os/c16-10-5-6-12-11(7-10)14-13-8-1-3-9(4-2-8)15(17)18;1-8(2)10-6-4-9(3)5-7-10;1-7(2,3,4,5)6;;/h1-7H,(H,12,16);4-8H,1-3H3;;1H;/q;;-1;;+4/p-1. The third kappa shape index (κ3) is 20.5. The summed E-state index contributed by atoms with van der Waals surface area (Å²) in [5.41, 5.74) is 3.04. The average Bonchev–Trinajstić information content (AvgIpc) is 2.71. The van der Waals surface area contributed by atoms with E-state index in [9.17, 15) is 40.1 Å². The number of nitro groups is 1. The third-order valence-electron chi connectivity index (χ3n) is 3.84. The van der Waals surface area contributed by atoms with E-state index in [-0.39, 0.29) is 54.9 Å². The van der Waals surface area contributed by atoms with Crippen LogP contribution in [-0.2, 0) is 19.8 Å². The Balaban J connectivity index is 0. The van der Waals surface area contributed by atoms with Crippen LogP contribution in [0.5, 0.6) is 0 Å². The van der Waals surface area contributed by atoms with Gasteiger partial charge in [0.15, 0.2) is 11.2 Å². The van der Waals surface area contributed by atoms with Gasteiger partial charge in [-0.1, -0.05) is 43.7 Å². The van der Waals surface area contributed by atoms with Gasteiger partial charge in [-0.05, 0) is 30.5 Å². The van der Waals surface area contributed by atoms with Crippen LogP contribution in [0.2, 0.25) is 0 Å². The summed E-state index contributed by atoms with van der Waals surface area (Å²) in [6.45, 7) is 6.54. The topological polar surface area (TPSA) is 101 Å². The molecular formula is C21H22F6IN4O3OsP+2. The summed E-state index contributed by atoms with van der Waals surface area (Å²) in [6.07, 6.45) is 1.46. The predicted molar refractivity (Wildman–Crippen MR) is 123 cm³/mol. The summed E-state index contributed by atoms with van der Waals surface area (Å²) in [6, 6.07) is 17.0. The SMILES string of the molecule is Cc1ccc(C(C)C)cc1.F[P-](F)(F)(F)(F)F.O=c1cc[nH]c(N=Nc2ccc([N+](=O)[O-])cc2)c1.[I-].[Os+4]. The molecule has 3 aromatic rings. The van der Waals surface area contributed by atoms with Gasteiger partial charge in [-0.25, -0.2) is 0 Å². The fourth-order valence-corrected chi connectivity index (χ4v) is 2.20. The Hall–Kier alpha value is -2.23. The molecular weight excluding hydrogens is 818 g/mol. The number of pyridine rings is 1. The van der Waals surface area contributed by atoms with E-state index in [4.69, 9.17) is 0 Å². The zero-order chi connectivity index (χ0) is 26.9. The molecule has 3 rings (SSSR count). The van der Waals surface area contributed by atoms with Crippen molar-refractivity contribution in [2.45, 2.75) is 26.7 Å². The first kappa shape index (κ1) is 36.9. The molecule has 0 spiro atoms. The van der Waals surface area contributed by atoms with E-state index >= 15 is 0 Å². The molecule has 2 aromatic carbocycles. The number of aromatic amines is 1. The molecule has 0 aliphatic carbocycles. The van der Waals surface area contributed by atoms with Crippen molar-refractivity contribution in [2.24, 2.45) is 10.2 Å². The van der Waals surface area contributed by atoms with Crippen LogP contribution < -0.4 is 29.4 Å². The van der Waals surface area contributed by atoms with Gasteiger partial charge in [0.05, 0.1) is 10.6 Å². The van der Waals surface area contributed by atoms with Gasteiger partial charge in [-0.15, -0.1) is 10.2 Å². The maximum atomic E-state index is 11.0. The van der Waals surface area contributed by atoms with Crippen molar-refractivity contribution in [3.8, 4) is 0 Å². The van der Waals surface area contributed by atoms with E-state index in [0.717, 1.165) is 0 Å². The summed E-state index contributed by atoms with van der Waals surface area (Å²) in [7, 11) is -10.7. The van der Waals surface area contributed by atoms with Gasteiger partial charge in [0.1, 0.15) is 0 Å². The second-order valence-electron chi connectivity index (χ2n) is 7.41. The molecule has 7 nitrogen and oxygen atoms in total. The number of nitrogens with zero attached hydrogens (tertiary/aromatic N) is 3. The van der Waals surface area contributed by atoms with Gasteiger partial charge >= 0.3 is 52.8 Å². The van der Waals surface area contributed by atoms with Crippen LogP contribution in [0.25, 0.3) is 0 Å². The quantitative estimate of drug-likeness (QED) is 0.0847. The molecule has 0 saturated carbocycles. The number of aromatic nitrogens is 1. The fraction of sp³-hybridized carbons (Fsp3) is 0.190. The summed E-state index contributed by atoms with van der Waals surface area (Å²) >= 11 is 0. The first-order valence-corrected chi connectivity index (χ1v) is 11.8. The van der Waals surface area contributed by atoms with E-state index in [2.05, 4.69) is 60.2 Å². The molecule has 1 heterocycles. The smallest absolute Gasteiger partial charge is 1.00 e. The van der Waals surface area contributed by atoms with Crippen molar-refractivity contribution < 1.29 is 73.9 Å². The Morgan fingerprint density at radius 1 is 0.892 bits per heavy atom. The summed E-state index contributed by atoms with van der Waals surface area (Å²) < 4.78 is 59.2. The van der Waals surface area contributed by atoms with Crippen molar-refractivity contribution in [1.82, 2.24) is 4.98 Å². The molecule has 0 unspecified atom stereocenters. The van der Waals surface area contributed by atoms with Crippen LogP contribution >= 0.6 is 7.81 Å². The second-order valence-corrected chi connectivity index (χ2v) is 9.32. The van der Waals surface area contributed by atoms with Crippen LogP contribution in [0.1, 0.15) is 30.9 Å². The molecule has 0 atom stereocenters. The molecule has 1 N–H and O–H groups in total. The first-order chi connectivity index (χ1) is 15.8. The van der Waals surface area contributed by atoms with Gasteiger partial charge in [-0.2, -0.15) is 0 Å². The summed E-state index contributed by atoms with van der Waals surface area (Å²) in [5.74, 6) is 0.974. The molecule has 204 valence electrons. The van der Waals surface area contributed by atoms with Crippen molar-refractivity contribution >= 4 is 25.0 Å². The van der Waals surface area contributed by atoms with E-state index in [0.29, 0.717) is 17.4 Å². The maximum Gasteiger partial charge on any atom is 4.00 e. The summed E-state index contributed by atoms with van der Waals surface area (Å²) in [4.78, 5) is 23.7. The molecule has 1 aromatic heterocycles. The number of rotatable bonds is 4. The van der Waals surface area contributed by atoms with E-state index in [1.165, 1.54) is 53.7 Å². The van der Waals surface area contributed by atoms with Crippen LogP contribution in [0.15, 0.2) is 81.9 Å². The number of azo groups is 1. The molecule has 0 amide bonds. The minimum Gasteiger partial charge on any atom is -1.00 e. The fourth-order valence-electron chi connectivity index (χ4n) is 2.20. The molecule has 0 radical (unpaired) electrons. The maximum absolute atomic E-state index is 11.0. The molecule has 16 heteroatoms. The van der Waals surface area contributed by atoms with E-state index in [1.54, 1.807) is 0 Å². The molecule has 0 bridgehead atoms. The third-order valence-corrected chi connectivity index (χ3v) is 3.84. The number of halogens is 7. The van der Waals surface area contributed by atoms with Crippen molar-refractivity contribution in [1.29, 1.82) is 0 Å². The van der Waals surface area contributed by atoms with Gasteiger partial charge in [0.2, 0.25) is 0 Å². The zero-order valence-corrected chi connectivity index (χ0v) is 25.0. The Morgan fingerprint density at radius 3 is 1.78 bits per heavy atom. The summed E-state index contributed by atoms with van der Waals surface area (Å²) in [5, 5.41) is 18.1. The van der Waals surface area contributed by atoms with Gasteiger partial charge in [-0.3, -0.25) is 14.9 Å². The normalized spacial score (nSPS) is 12.4. The Kier molecular flexibility index (Phi) is 14.0.